The van der Waals surface area contributed by atoms with E-state index in [-0.39, 0.29) is 17.9 Å². The van der Waals surface area contributed by atoms with Crippen LogP contribution in [0.4, 0.5) is 4.39 Å². The fraction of sp³-hybridized carbons (Fsp3) is 0.647. The molecule has 3 atom stereocenters. The van der Waals surface area contributed by atoms with Gasteiger partial charge in [0.05, 0.1) is 0 Å². The summed E-state index contributed by atoms with van der Waals surface area (Å²) >= 11 is 0. The van der Waals surface area contributed by atoms with Crippen molar-refractivity contribution >= 4 is 0 Å². The minimum absolute atomic E-state index is 0.0448. The standard InChI is InChI=1S/C17H26FN3/c1-13(19)17(14-5-7-15(18)8-6-14)21-11-3-10-20-9-2-4-16(20)12-21/h5-8,13,16-17H,2-4,9-12,19H2,1H3. The first-order valence-corrected chi connectivity index (χ1v) is 8.14. The SMILES string of the molecule is CC(N)C(c1ccc(F)cc1)N1CCCN2CCCC2C1. The Morgan fingerprint density at radius 2 is 1.86 bits per heavy atom. The van der Waals surface area contributed by atoms with Crippen molar-refractivity contribution in [1.29, 1.82) is 0 Å². The maximum atomic E-state index is 13.2. The third kappa shape index (κ3) is 3.28. The van der Waals surface area contributed by atoms with Gasteiger partial charge >= 0.3 is 0 Å². The Kier molecular flexibility index (Phi) is 4.57. The van der Waals surface area contributed by atoms with Gasteiger partial charge in [0.15, 0.2) is 0 Å². The molecule has 3 nitrogen and oxygen atoms in total. The van der Waals surface area contributed by atoms with Crippen LogP contribution in [0, 0.1) is 5.82 Å². The van der Waals surface area contributed by atoms with Crippen molar-refractivity contribution in [3.05, 3.63) is 35.6 Å². The number of nitrogens with two attached hydrogens (primary N) is 1. The van der Waals surface area contributed by atoms with Gasteiger partial charge in [0.1, 0.15) is 5.82 Å². The zero-order chi connectivity index (χ0) is 14.8. The lowest BCUT2D eigenvalue weighted by molar-refractivity contribution is 0.157. The van der Waals surface area contributed by atoms with Crippen molar-refractivity contribution in [2.75, 3.05) is 26.2 Å². The van der Waals surface area contributed by atoms with Crippen LogP contribution in [0.2, 0.25) is 0 Å². The Hall–Kier alpha value is -0.970. The Bertz CT molecular complexity index is 460. The molecule has 0 saturated carbocycles. The highest BCUT2D eigenvalue weighted by molar-refractivity contribution is 5.21. The zero-order valence-electron chi connectivity index (χ0n) is 12.8. The van der Waals surface area contributed by atoms with Crippen LogP contribution in [-0.4, -0.2) is 48.1 Å². The highest BCUT2D eigenvalue weighted by Gasteiger charge is 2.33. The molecule has 2 aliphatic rings. The second-order valence-corrected chi connectivity index (χ2v) is 6.54. The molecule has 116 valence electrons. The molecule has 2 N–H and O–H groups in total. The van der Waals surface area contributed by atoms with Crippen molar-refractivity contribution < 1.29 is 4.39 Å². The Morgan fingerprint density at radius 1 is 1.14 bits per heavy atom. The third-order valence-electron chi connectivity index (χ3n) is 4.94. The monoisotopic (exact) mass is 291 g/mol. The fourth-order valence-electron chi connectivity index (χ4n) is 3.99. The summed E-state index contributed by atoms with van der Waals surface area (Å²) in [5, 5.41) is 0. The summed E-state index contributed by atoms with van der Waals surface area (Å²) in [6, 6.07) is 7.78. The van der Waals surface area contributed by atoms with Crippen LogP contribution < -0.4 is 5.73 Å². The van der Waals surface area contributed by atoms with E-state index in [1.807, 2.05) is 12.1 Å². The van der Waals surface area contributed by atoms with Gasteiger partial charge in [0.2, 0.25) is 0 Å². The Morgan fingerprint density at radius 3 is 2.57 bits per heavy atom. The number of halogens is 1. The summed E-state index contributed by atoms with van der Waals surface area (Å²) in [4.78, 5) is 5.15. The van der Waals surface area contributed by atoms with Crippen LogP contribution in [0.1, 0.15) is 37.8 Å². The molecule has 0 aliphatic carbocycles. The van der Waals surface area contributed by atoms with Gasteiger partial charge in [-0.2, -0.15) is 0 Å². The van der Waals surface area contributed by atoms with Crippen molar-refractivity contribution in [1.82, 2.24) is 9.80 Å². The molecule has 2 fully saturated rings. The van der Waals surface area contributed by atoms with E-state index >= 15 is 0 Å². The van der Waals surface area contributed by atoms with Gasteiger partial charge in [-0.05, 0) is 57.0 Å². The van der Waals surface area contributed by atoms with Gasteiger partial charge in [-0.1, -0.05) is 12.1 Å². The van der Waals surface area contributed by atoms with Crippen LogP contribution in [0.3, 0.4) is 0 Å². The molecule has 2 aliphatic heterocycles. The van der Waals surface area contributed by atoms with E-state index in [4.69, 9.17) is 5.73 Å². The summed E-state index contributed by atoms with van der Waals surface area (Å²) in [7, 11) is 0. The van der Waals surface area contributed by atoms with Crippen molar-refractivity contribution in [2.24, 2.45) is 5.73 Å². The molecule has 2 heterocycles. The van der Waals surface area contributed by atoms with E-state index in [0.717, 1.165) is 18.7 Å². The highest BCUT2D eigenvalue weighted by atomic mass is 19.1. The zero-order valence-corrected chi connectivity index (χ0v) is 12.8. The van der Waals surface area contributed by atoms with Crippen molar-refractivity contribution in [3.8, 4) is 0 Å². The van der Waals surface area contributed by atoms with Gasteiger partial charge in [-0.25, -0.2) is 4.39 Å². The average molecular weight is 291 g/mol. The highest BCUT2D eigenvalue weighted by Crippen LogP contribution is 2.29. The van der Waals surface area contributed by atoms with Gasteiger partial charge in [-0.3, -0.25) is 9.80 Å². The largest absolute Gasteiger partial charge is 0.326 e. The van der Waals surface area contributed by atoms with E-state index in [1.165, 1.54) is 32.4 Å². The lowest BCUT2D eigenvalue weighted by atomic mass is 9.98. The fourth-order valence-corrected chi connectivity index (χ4v) is 3.99. The first kappa shape index (κ1) is 14.9. The van der Waals surface area contributed by atoms with Gasteiger partial charge < -0.3 is 5.73 Å². The minimum atomic E-state index is -0.181. The molecule has 3 unspecified atom stereocenters. The van der Waals surface area contributed by atoms with Crippen LogP contribution in [0.15, 0.2) is 24.3 Å². The van der Waals surface area contributed by atoms with E-state index in [9.17, 15) is 4.39 Å². The van der Waals surface area contributed by atoms with Crippen molar-refractivity contribution in [3.63, 3.8) is 0 Å². The number of benzene rings is 1. The molecule has 2 saturated heterocycles. The first-order chi connectivity index (χ1) is 10.1. The second kappa shape index (κ2) is 6.42. The summed E-state index contributed by atoms with van der Waals surface area (Å²) in [6.45, 7) is 6.68. The molecular formula is C17H26FN3. The molecule has 4 heteroatoms. The number of rotatable bonds is 3. The first-order valence-electron chi connectivity index (χ1n) is 8.14. The minimum Gasteiger partial charge on any atom is -0.326 e. The quantitative estimate of drug-likeness (QED) is 0.928. The number of hydrogen-bond acceptors (Lipinski definition) is 3. The topological polar surface area (TPSA) is 32.5 Å². The summed E-state index contributed by atoms with van der Waals surface area (Å²) in [5.41, 5.74) is 7.41. The van der Waals surface area contributed by atoms with E-state index in [2.05, 4.69) is 16.7 Å². The molecule has 0 aromatic heterocycles. The average Bonchev–Trinajstić information content (AvgIpc) is 2.79. The third-order valence-corrected chi connectivity index (χ3v) is 4.94. The molecule has 3 rings (SSSR count). The van der Waals surface area contributed by atoms with E-state index < -0.39 is 0 Å². The number of fused-ring (bicyclic) bond motifs is 1. The van der Waals surface area contributed by atoms with E-state index in [0.29, 0.717) is 6.04 Å². The summed E-state index contributed by atoms with van der Waals surface area (Å²) in [6.07, 6.45) is 3.81. The molecule has 0 amide bonds. The van der Waals surface area contributed by atoms with Gasteiger partial charge in [0, 0.05) is 31.2 Å². The predicted molar refractivity (Wildman–Crippen MR) is 83.6 cm³/mol. The van der Waals surface area contributed by atoms with Crippen LogP contribution in [0.5, 0.6) is 0 Å². The number of nitrogens with zero attached hydrogens (tertiary/aromatic N) is 2. The van der Waals surface area contributed by atoms with Gasteiger partial charge in [-0.15, -0.1) is 0 Å². The lowest BCUT2D eigenvalue weighted by Gasteiger charge is -2.35. The van der Waals surface area contributed by atoms with Crippen LogP contribution in [0.25, 0.3) is 0 Å². The summed E-state index contributed by atoms with van der Waals surface area (Å²) in [5.74, 6) is -0.181. The van der Waals surface area contributed by atoms with Crippen LogP contribution in [-0.2, 0) is 0 Å². The Balaban J connectivity index is 1.81. The molecule has 1 aromatic rings. The molecular weight excluding hydrogens is 265 g/mol. The molecule has 0 spiro atoms. The van der Waals surface area contributed by atoms with Gasteiger partial charge in [0.25, 0.3) is 0 Å². The summed E-state index contributed by atoms with van der Waals surface area (Å²) < 4.78 is 13.2. The van der Waals surface area contributed by atoms with Crippen LogP contribution >= 0.6 is 0 Å². The molecule has 0 radical (unpaired) electrons. The second-order valence-electron chi connectivity index (χ2n) is 6.54. The Labute approximate surface area is 126 Å². The predicted octanol–water partition coefficient (Wildman–Crippen LogP) is 2.38. The molecule has 0 bridgehead atoms. The molecule has 21 heavy (non-hydrogen) atoms. The molecule has 1 aromatic carbocycles. The van der Waals surface area contributed by atoms with E-state index in [1.54, 1.807) is 12.1 Å². The smallest absolute Gasteiger partial charge is 0.123 e. The lowest BCUT2D eigenvalue weighted by Crippen LogP contribution is -2.44. The maximum absolute atomic E-state index is 13.2. The maximum Gasteiger partial charge on any atom is 0.123 e. The number of hydrogen-bond donors (Lipinski definition) is 1. The normalized spacial score (nSPS) is 27.1. The van der Waals surface area contributed by atoms with Crippen molar-refractivity contribution in [2.45, 2.75) is 44.3 Å².